The standard InChI is InChI=1S/C12H15NO3/c1-9(12(14)15)7-11(13-16)8-10-5-3-2-4-6-10/h2-6,9,11H,7-8H2,1H3,(H,14,15). The fourth-order valence-electron chi connectivity index (χ4n) is 1.56. The average molecular weight is 221 g/mol. The number of hydrogen-bond donors (Lipinski definition) is 1. The maximum atomic E-state index is 10.7. The van der Waals surface area contributed by atoms with Crippen LogP contribution in [0.4, 0.5) is 0 Å². The lowest BCUT2D eigenvalue weighted by molar-refractivity contribution is -0.141. The van der Waals surface area contributed by atoms with Crippen molar-refractivity contribution in [2.45, 2.75) is 25.8 Å². The fourth-order valence-corrected chi connectivity index (χ4v) is 1.56. The first-order valence-corrected chi connectivity index (χ1v) is 5.22. The van der Waals surface area contributed by atoms with Crippen LogP contribution >= 0.6 is 0 Å². The molecular formula is C12H15NO3. The van der Waals surface area contributed by atoms with Crippen LogP contribution in [0.3, 0.4) is 0 Å². The molecule has 0 amide bonds. The SMILES string of the molecule is CC(CC(Cc1ccccc1)N=O)C(=O)O. The Morgan fingerprint density at radius 2 is 2.00 bits per heavy atom. The van der Waals surface area contributed by atoms with Crippen LogP contribution in [0.1, 0.15) is 18.9 Å². The van der Waals surface area contributed by atoms with Crippen LogP contribution in [-0.4, -0.2) is 17.1 Å². The van der Waals surface area contributed by atoms with E-state index in [4.69, 9.17) is 5.11 Å². The Hall–Kier alpha value is -1.71. The van der Waals surface area contributed by atoms with Crippen molar-refractivity contribution in [3.63, 3.8) is 0 Å². The van der Waals surface area contributed by atoms with E-state index in [1.54, 1.807) is 6.92 Å². The van der Waals surface area contributed by atoms with Crippen molar-refractivity contribution in [3.05, 3.63) is 40.8 Å². The molecule has 0 radical (unpaired) electrons. The predicted octanol–water partition coefficient (Wildman–Crippen LogP) is 2.47. The van der Waals surface area contributed by atoms with Gasteiger partial charge in [0.2, 0.25) is 0 Å². The number of aliphatic carboxylic acids is 1. The Labute approximate surface area is 94.3 Å². The van der Waals surface area contributed by atoms with Crippen molar-refractivity contribution in [2.24, 2.45) is 11.1 Å². The molecule has 0 aliphatic rings. The molecule has 4 heteroatoms. The van der Waals surface area contributed by atoms with E-state index >= 15 is 0 Å². The summed E-state index contributed by atoms with van der Waals surface area (Å²) in [5, 5.41) is 11.7. The molecule has 0 saturated heterocycles. The van der Waals surface area contributed by atoms with Gasteiger partial charge in [-0.15, -0.1) is 0 Å². The largest absolute Gasteiger partial charge is 0.481 e. The van der Waals surface area contributed by atoms with Gasteiger partial charge < -0.3 is 5.11 Å². The summed E-state index contributed by atoms with van der Waals surface area (Å²) in [6.07, 6.45) is 0.787. The minimum absolute atomic E-state index is 0.285. The van der Waals surface area contributed by atoms with Crippen LogP contribution in [0.2, 0.25) is 0 Å². The molecule has 0 heterocycles. The van der Waals surface area contributed by atoms with E-state index in [9.17, 15) is 9.70 Å². The second-order valence-electron chi connectivity index (χ2n) is 3.92. The molecule has 0 aromatic heterocycles. The van der Waals surface area contributed by atoms with Crippen LogP contribution in [0, 0.1) is 10.8 Å². The Morgan fingerprint density at radius 1 is 1.38 bits per heavy atom. The Morgan fingerprint density at radius 3 is 2.50 bits per heavy atom. The summed E-state index contributed by atoms with van der Waals surface area (Å²) in [4.78, 5) is 21.3. The summed E-state index contributed by atoms with van der Waals surface area (Å²) in [6, 6.07) is 9.02. The van der Waals surface area contributed by atoms with Gasteiger partial charge in [-0.25, -0.2) is 0 Å². The maximum Gasteiger partial charge on any atom is 0.306 e. The zero-order valence-electron chi connectivity index (χ0n) is 9.17. The summed E-state index contributed by atoms with van der Waals surface area (Å²) in [6.45, 7) is 1.59. The number of carbonyl (C=O) groups is 1. The van der Waals surface area contributed by atoms with Crippen molar-refractivity contribution >= 4 is 5.97 Å². The molecule has 0 spiro atoms. The molecule has 86 valence electrons. The van der Waals surface area contributed by atoms with E-state index in [0.717, 1.165) is 5.56 Å². The number of nitrogens with zero attached hydrogens (tertiary/aromatic N) is 1. The van der Waals surface area contributed by atoms with E-state index < -0.39 is 17.9 Å². The van der Waals surface area contributed by atoms with Gasteiger partial charge in [-0.3, -0.25) is 4.79 Å². The first-order chi connectivity index (χ1) is 7.63. The minimum Gasteiger partial charge on any atom is -0.481 e. The van der Waals surface area contributed by atoms with Gasteiger partial charge in [0.25, 0.3) is 0 Å². The van der Waals surface area contributed by atoms with Crippen molar-refractivity contribution in [2.75, 3.05) is 0 Å². The average Bonchev–Trinajstić information content (AvgIpc) is 2.29. The molecule has 1 aromatic rings. The second-order valence-corrected chi connectivity index (χ2v) is 3.92. The molecule has 16 heavy (non-hydrogen) atoms. The normalized spacial score (nSPS) is 14.1. The maximum absolute atomic E-state index is 10.7. The van der Waals surface area contributed by atoms with Crippen molar-refractivity contribution in [1.82, 2.24) is 0 Å². The molecule has 1 rings (SSSR count). The highest BCUT2D eigenvalue weighted by Crippen LogP contribution is 2.14. The second kappa shape index (κ2) is 6.00. The van der Waals surface area contributed by atoms with E-state index in [2.05, 4.69) is 5.18 Å². The highest BCUT2D eigenvalue weighted by molar-refractivity contribution is 5.69. The monoisotopic (exact) mass is 221 g/mol. The molecule has 0 aliphatic heterocycles. The molecular weight excluding hydrogens is 206 g/mol. The van der Waals surface area contributed by atoms with Gasteiger partial charge >= 0.3 is 5.97 Å². The summed E-state index contributed by atoms with van der Waals surface area (Å²) in [5.74, 6) is -1.42. The van der Waals surface area contributed by atoms with E-state index in [-0.39, 0.29) is 6.42 Å². The van der Waals surface area contributed by atoms with Crippen molar-refractivity contribution in [3.8, 4) is 0 Å². The smallest absolute Gasteiger partial charge is 0.306 e. The fraction of sp³-hybridized carbons (Fsp3) is 0.417. The van der Waals surface area contributed by atoms with E-state index in [0.29, 0.717) is 6.42 Å². The first kappa shape index (κ1) is 12.4. The number of carboxylic acid groups (broad SMARTS) is 1. The third-order valence-corrected chi connectivity index (χ3v) is 2.51. The quantitative estimate of drug-likeness (QED) is 0.750. The van der Waals surface area contributed by atoms with Crippen LogP contribution in [-0.2, 0) is 11.2 Å². The Kier molecular flexibility index (Phi) is 4.64. The van der Waals surface area contributed by atoms with Crippen molar-refractivity contribution in [1.29, 1.82) is 0 Å². The van der Waals surface area contributed by atoms with Crippen LogP contribution < -0.4 is 0 Å². The number of carboxylic acids is 1. The molecule has 1 aromatic carbocycles. The molecule has 1 N–H and O–H groups in total. The summed E-state index contributed by atoms with van der Waals surface area (Å²) >= 11 is 0. The van der Waals surface area contributed by atoms with Crippen LogP contribution in [0.25, 0.3) is 0 Å². The lowest BCUT2D eigenvalue weighted by atomic mass is 9.97. The van der Waals surface area contributed by atoms with Gasteiger partial charge in [0, 0.05) is 0 Å². The lowest BCUT2D eigenvalue weighted by Crippen LogP contribution is -2.18. The van der Waals surface area contributed by atoms with Gasteiger partial charge in [0.1, 0.15) is 0 Å². The predicted molar refractivity (Wildman–Crippen MR) is 61.1 cm³/mol. The molecule has 0 fully saturated rings. The first-order valence-electron chi connectivity index (χ1n) is 5.22. The van der Waals surface area contributed by atoms with Gasteiger partial charge in [0.15, 0.2) is 0 Å². The number of rotatable bonds is 6. The molecule has 4 nitrogen and oxygen atoms in total. The van der Waals surface area contributed by atoms with Gasteiger partial charge in [-0.1, -0.05) is 42.4 Å². The molecule has 0 aliphatic carbocycles. The van der Waals surface area contributed by atoms with Gasteiger partial charge in [0.05, 0.1) is 12.0 Å². The Bertz CT molecular complexity index is 351. The molecule has 2 unspecified atom stereocenters. The zero-order valence-corrected chi connectivity index (χ0v) is 9.17. The number of benzene rings is 1. The third kappa shape index (κ3) is 3.81. The third-order valence-electron chi connectivity index (χ3n) is 2.51. The highest BCUT2D eigenvalue weighted by Gasteiger charge is 2.19. The van der Waals surface area contributed by atoms with Crippen molar-refractivity contribution < 1.29 is 9.90 Å². The lowest BCUT2D eigenvalue weighted by Gasteiger charge is -2.11. The topological polar surface area (TPSA) is 66.7 Å². The van der Waals surface area contributed by atoms with E-state index in [1.165, 1.54) is 0 Å². The number of nitroso groups, excluding NO2 is 1. The summed E-state index contributed by atoms with van der Waals surface area (Å²) in [5.41, 5.74) is 1.00. The van der Waals surface area contributed by atoms with Gasteiger partial charge in [-0.05, 0) is 18.4 Å². The zero-order chi connectivity index (χ0) is 12.0. The van der Waals surface area contributed by atoms with Crippen LogP contribution in [0.5, 0.6) is 0 Å². The van der Waals surface area contributed by atoms with E-state index in [1.807, 2.05) is 30.3 Å². The molecule has 0 saturated carbocycles. The Balaban J connectivity index is 2.56. The van der Waals surface area contributed by atoms with Crippen LogP contribution in [0.15, 0.2) is 35.5 Å². The summed E-state index contributed by atoms with van der Waals surface area (Å²) < 4.78 is 0. The summed E-state index contributed by atoms with van der Waals surface area (Å²) in [7, 11) is 0. The minimum atomic E-state index is -0.887. The molecule has 0 bridgehead atoms. The van der Waals surface area contributed by atoms with Gasteiger partial charge in [-0.2, -0.15) is 4.91 Å². The highest BCUT2D eigenvalue weighted by atomic mass is 16.4. The number of hydrogen-bond acceptors (Lipinski definition) is 3. The molecule has 2 atom stereocenters.